The van der Waals surface area contributed by atoms with Crippen LogP contribution in [0.25, 0.3) is 0 Å². The predicted molar refractivity (Wildman–Crippen MR) is 92.0 cm³/mol. The smallest absolute Gasteiger partial charge is 0.254 e. The number of amides is 1. The van der Waals surface area contributed by atoms with E-state index < -0.39 is 0 Å². The van der Waals surface area contributed by atoms with Crippen molar-refractivity contribution in [1.82, 2.24) is 19.4 Å². The van der Waals surface area contributed by atoms with Crippen LogP contribution in [0.4, 0.5) is 0 Å². The van der Waals surface area contributed by atoms with E-state index in [1.54, 1.807) is 12.4 Å². The summed E-state index contributed by atoms with van der Waals surface area (Å²) in [6.07, 6.45) is 5.20. The highest BCUT2D eigenvalue weighted by Crippen LogP contribution is 2.20. The van der Waals surface area contributed by atoms with Gasteiger partial charge in [-0.3, -0.25) is 9.78 Å². The number of pyridine rings is 1. The van der Waals surface area contributed by atoms with Crippen LogP contribution in [0.15, 0.2) is 61.2 Å². The first-order valence-corrected chi connectivity index (χ1v) is 8.21. The number of carbonyl (C=O) groups is 1. The third kappa shape index (κ3) is 3.24. The molecule has 1 aliphatic heterocycles. The summed E-state index contributed by atoms with van der Waals surface area (Å²) in [5.41, 5.74) is 2.59. The lowest BCUT2D eigenvalue weighted by atomic mass is 10.1. The number of carbonyl (C=O) groups excluding carboxylic acids is 1. The van der Waals surface area contributed by atoms with Crippen molar-refractivity contribution in [3.05, 3.63) is 78.1 Å². The molecule has 6 heteroatoms. The van der Waals surface area contributed by atoms with E-state index in [0.29, 0.717) is 31.0 Å². The van der Waals surface area contributed by atoms with Crippen LogP contribution in [-0.2, 0) is 19.7 Å². The van der Waals surface area contributed by atoms with Gasteiger partial charge in [-0.15, -0.1) is 0 Å². The van der Waals surface area contributed by atoms with E-state index in [4.69, 9.17) is 4.74 Å². The lowest BCUT2D eigenvalue weighted by molar-refractivity contribution is 0.0709. The normalized spacial score (nSPS) is 13.4. The second-order valence-electron chi connectivity index (χ2n) is 5.90. The maximum absolute atomic E-state index is 12.7. The van der Waals surface area contributed by atoms with Crippen LogP contribution in [0, 0.1) is 0 Å². The fourth-order valence-corrected chi connectivity index (χ4v) is 2.95. The average Bonchev–Trinajstić information content (AvgIpc) is 3.09. The Balaban J connectivity index is 1.49. The third-order valence-electron chi connectivity index (χ3n) is 4.30. The molecule has 0 fully saturated rings. The van der Waals surface area contributed by atoms with Crippen LogP contribution < -0.4 is 4.74 Å². The summed E-state index contributed by atoms with van der Waals surface area (Å²) in [6.45, 7) is 2.33. The second kappa shape index (κ2) is 6.76. The molecule has 0 saturated heterocycles. The van der Waals surface area contributed by atoms with Gasteiger partial charge in [0.25, 0.3) is 5.91 Å². The maximum Gasteiger partial charge on any atom is 0.254 e. The standard InChI is InChI=1S/C19H18N4O2/c24-19(15-5-2-1-3-6-15)22-9-10-23-14-21-17(18(23)12-22)13-25-16-7-4-8-20-11-16/h1-8,11,14H,9-10,12-13H2. The third-order valence-corrected chi connectivity index (χ3v) is 4.30. The monoisotopic (exact) mass is 334 g/mol. The molecule has 0 aliphatic carbocycles. The first-order valence-electron chi connectivity index (χ1n) is 8.21. The first kappa shape index (κ1) is 15.4. The number of rotatable bonds is 4. The van der Waals surface area contributed by atoms with Gasteiger partial charge in [0.2, 0.25) is 0 Å². The van der Waals surface area contributed by atoms with Crippen molar-refractivity contribution in [2.24, 2.45) is 0 Å². The van der Waals surface area contributed by atoms with Crippen molar-refractivity contribution in [3.8, 4) is 5.75 Å². The molecule has 3 heterocycles. The molecule has 0 unspecified atom stereocenters. The lowest BCUT2D eigenvalue weighted by Gasteiger charge is -2.29. The first-order chi connectivity index (χ1) is 12.3. The summed E-state index contributed by atoms with van der Waals surface area (Å²) < 4.78 is 7.85. The zero-order chi connectivity index (χ0) is 17.1. The molecular weight excluding hydrogens is 316 g/mol. The highest BCUT2D eigenvalue weighted by Gasteiger charge is 2.24. The molecule has 1 amide bonds. The summed E-state index contributed by atoms with van der Waals surface area (Å²) in [6, 6.07) is 13.1. The van der Waals surface area contributed by atoms with Gasteiger partial charge in [0, 0.05) is 24.8 Å². The Bertz CT molecular complexity index is 862. The van der Waals surface area contributed by atoms with Crippen molar-refractivity contribution in [1.29, 1.82) is 0 Å². The van der Waals surface area contributed by atoms with Gasteiger partial charge in [-0.1, -0.05) is 18.2 Å². The fraction of sp³-hybridized carbons (Fsp3) is 0.211. The number of benzene rings is 1. The highest BCUT2D eigenvalue weighted by atomic mass is 16.5. The number of hydrogen-bond donors (Lipinski definition) is 0. The van der Waals surface area contributed by atoms with Crippen molar-refractivity contribution < 1.29 is 9.53 Å². The van der Waals surface area contributed by atoms with Gasteiger partial charge in [0.1, 0.15) is 18.1 Å². The molecule has 0 spiro atoms. The Morgan fingerprint density at radius 1 is 1.12 bits per heavy atom. The van der Waals surface area contributed by atoms with Crippen molar-refractivity contribution >= 4 is 5.91 Å². The van der Waals surface area contributed by atoms with E-state index in [-0.39, 0.29) is 5.91 Å². The van der Waals surface area contributed by atoms with E-state index in [1.165, 1.54) is 0 Å². The van der Waals surface area contributed by atoms with Crippen LogP contribution in [0.5, 0.6) is 5.75 Å². The Morgan fingerprint density at radius 3 is 2.80 bits per heavy atom. The van der Waals surface area contributed by atoms with E-state index in [9.17, 15) is 4.79 Å². The summed E-state index contributed by atoms with van der Waals surface area (Å²) in [5.74, 6) is 0.754. The molecule has 6 nitrogen and oxygen atoms in total. The molecule has 0 saturated carbocycles. The van der Waals surface area contributed by atoms with Crippen LogP contribution in [0.2, 0.25) is 0 Å². The zero-order valence-corrected chi connectivity index (χ0v) is 13.7. The highest BCUT2D eigenvalue weighted by molar-refractivity contribution is 5.94. The van der Waals surface area contributed by atoms with Crippen LogP contribution >= 0.6 is 0 Å². The van der Waals surface area contributed by atoms with Gasteiger partial charge < -0.3 is 14.2 Å². The minimum absolute atomic E-state index is 0.0483. The summed E-state index contributed by atoms with van der Waals surface area (Å²) in [7, 11) is 0. The summed E-state index contributed by atoms with van der Waals surface area (Å²) in [4.78, 5) is 23.0. The van der Waals surface area contributed by atoms with Gasteiger partial charge in [-0.25, -0.2) is 4.98 Å². The minimum Gasteiger partial charge on any atom is -0.486 e. The predicted octanol–water partition coefficient (Wildman–Crippen LogP) is 2.51. The van der Waals surface area contributed by atoms with E-state index in [2.05, 4.69) is 14.5 Å². The molecule has 25 heavy (non-hydrogen) atoms. The molecule has 0 atom stereocenters. The number of fused-ring (bicyclic) bond motifs is 1. The Hall–Kier alpha value is -3.15. The van der Waals surface area contributed by atoms with Gasteiger partial charge in [0.15, 0.2) is 0 Å². The second-order valence-corrected chi connectivity index (χ2v) is 5.90. The Morgan fingerprint density at radius 2 is 2.00 bits per heavy atom. The zero-order valence-electron chi connectivity index (χ0n) is 13.7. The molecule has 1 aliphatic rings. The molecule has 4 rings (SSSR count). The molecule has 0 N–H and O–H groups in total. The van der Waals surface area contributed by atoms with Gasteiger partial charge in [-0.2, -0.15) is 0 Å². The maximum atomic E-state index is 12.7. The molecule has 3 aromatic rings. The van der Waals surface area contributed by atoms with Crippen LogP contribution in [-0.4, -0.2) is 31.9 Å². The fourth-order valence-electron chi connectivity index (χ4n) is 2.95. The number of aromatic nitrogens is 3. The van der Waals surface area contributed by atoms with E-state index >= 15 is 0 Å². The summed E-state index contributed by atoms with van der Waals surface area (Å²) >= 11 is 0. The molecule has 2 aromatic heterocycles. The number of hydrogen-bond acceptors (Lipinski definition) is 4. The quantitative estimate of drug-likeness (QED) is 0.735. The Labute approximate surface area is 145 Å². The van der Waals surface area contributed by atoms with Crippen LogP contribution in [0.1, 0.15) is 21.7 Å². The molecular formula is C19H18N4O2. The number of imidazole rings is 1. The molecule has 126 valence electrons. The summed E-state index contributed by atoms with van der Waals surface area (Å²) in [5, 5.41) is 0. The largest absolute Gasteiger partial charge is 0.486 e. The average molecular weight is 334 g/mol. The topological polar surface area (TPSA) is 60.2 Å². The van der Waals surface area contributed by atoms with Gasteiger partial charge >= 0.3 is 0 Å². The number of ether oxygens (including phenoxy) is 1. The molecule has 0 radical (unpaired) electrons. The van der Waals surface area contributed by atoms with Gasteiger partial charge in [-0.05, 0) is 24.3 Å². The Kier molecular flexibility index (Phi) is 4.16. The SMILES string of the molecule is O=C(c1ccccc1)N1CCn2cnc(COc3cccnc3)c2C1. The van der Waals surface area contributed by atoms with E-state index in [0.717, 1.165) is 17.9 Å². The van der Waals surface area contributed by atoms with Crippen molar-refractivity contribution in [2.75, 3.05) is 6.54 Å². The van der Waals surface area contributed by atoms with Gasteiger partial charge in [0.05, 0.1) is 24.8 Å². The minimum atomic E-state index is 0.0483. The van der Waals surface area contributed by atoms with Crippen LogP contribution in [0.3, 0.4) is 0 Å². The van der Waals surface area contributed by atoms with Crippen molar-refractivity contribution in [3.63, 3.8) is 0 Å². The molecule has 0 bridgehead atoms. The number of nitrogens with zero attached hydrogens (tertiary/aromatic N) is 4. The molecule has 1 aromatic carbocycles. The van der Waals surface area contributed by atoms with E-state index in [1.807, 2.05) is 53.7 Å². The van der Waals surface area contributed by atoms with Crippen molar-refractivity contribution in [2.45, 2.75) is 19.7 Å². The lowest BCUT2D eigenvalue weighted by Crippen LogP contribution is -2.38.